The summed E-state index contributed by atoms with van der Waals surface area (Å²) in [5.74, 6) is 2.39. The molecular weight excluding hydrogens is 252 g/mol. The lowest BCUT2D eigenvalue weighted by molar-refractivity contribution is 0.196. The van der Waals surface area contributed by atoms with Crippen LogP contribution in [0.1, 0.15) is 31.9 Å². The minimum atomic E-state index is 0.298. The summed E-state index contributed by atoms with van der Waals surface area (Å²) in [5, 5.41) is 0. The van der Waals surface area contributed by atoms with Crippen molar-refractivity contribution in [2.75, 3.05) is 27.3 Å². The molecule has 112 valence electrons. The number of ether oxygens (including phenoxy) is 2. The molecule has 1 fully saturated rings. The predicted octanol–water partition coefficient (Wildman–Crippen LogP) is 2.43. The maximum Gasteiger partial charge on any atom is 0.123 e. The molecule has 4 nitrogen and oxygen atoms in total. The fourth-order valence-corrected chi connectivity index (χ4v) is 3.23. The van der Waals surface area contributed by atoms with Crippen LogP contribution in [0.2, 0.25) is 0 Å². The Morgan fingerprint density at radius 2 is 2.10 bits per heavy atom. The molecule has 0 aromatic heterocycles. The second-order valence-electron chi connectivity index (χ2n) is 5.67. The Morgan fingerprint density at radius 1 is 1.35 bits per heavy atom. The van der Waals surface area contributed by atoms with E-state index in [0.717, 1.165) is 24.6 Å². The first-order valence-corrected chi connectivity index (χ1v) is 7.28. The van der Waals surface area contributed by atoms with Crippen molar-refractivity contribution in [3.05, 3.63) is 23.8 Å². The summed E-state index contributed by atoms with van der Waals surface area (Å²) >= 11 is 0. The van der Waals surface area contributed by atoms with Gasteiger partial charge in [-0.05, 0) is 50.9 Å². The van der Waals surface area contributed by atoms with Crippen molar-refractivity contribution in [2.45, 2.75) is 32.4 Å². The molecule has 0 spiro atoms. The average molecular weight is 278 g/mol. The van der Waals surface area contributed by atoms with Gasteiger partial charge in [-0.3, -0.25) is 4.90 Å². The van der Waals surface area contributed by atoms with E-state index >= 15 is 0 Å². The number of hydrogen-bond acceptors (Lipinski definition) is 4. The quantitative estimate of drug-likeness (QED) is 0.898. The third-order valence-corrected chi connectivity index (χ3v) is 4.43. The highest BCUT2D eigenvalue weighted by molar-refractivity contribution is 5.42. The molecule has 1 aromatic carbocycles. The maximum absolute atomic E-state index is 5.83. The fraction of sp³-hybridized carbons (Fsp3) is 0.625. The molecule has 1 saturated heterocycles. The zero-order valence-electron chi connectivity index (χ0n) is 12.9. The highest BCUT2D eigenvalue weighted by Crippen LogP contribution is 2.37. The summed E-state index contributed by atoms with van der Waals surface area (Å²) in [6.45, 7) is 6.33. The molecule has 1 aromatic rings. The van der Waals surface area contributed by atoms with Gasteiger partial charge in [-0.2, -0.15) is 0 Å². The zero-order valence-corrected chi connectivity index (χ0v) is 12.9. The summed E-state index contributed by atoms with van der Waals surface area (Å²) in [5.41, 5.74) is 7.00. The minimum Gasteiger partial charge on any atom is -0.497 e. The van der Waals surface area contributed by atoms with Gasteiger partial charge in [-0.25, -0.2) is 0 Å². The molecule has 2 rings (SSSR count). The summed E-state index contributed by atoms with van der Waals surface area (Å²) in [4.78, 5) is 2.51. The molecule has 2 N–H and O–H groups in total. The fourth-order valence-electron chi connectivity index (χ4n) is 3.23. The van der Waals surface area contributed by atoms with Crippen molar-refractivity contribution in [3.63, 3.8) is 0 Å². The first-order chi connectivity index (χ1) is 9.60. The van der Waals surface area contributed by atoms with Gasteiger partial charge in [0.2, 0.25) is 0 Å². The van der Waals surface area contributed by atoms with Gasteiger partial charge in [0.25, 0.3) is 0 Å². The molecule has 1 aliphatic heterocycles. The van der Waals surface area contributed by atoms with Gasteiger partial charge in [0.1, 0.15) is 11.5 Å². The van der Waals surface area contributed by atoms with Gasteiger partial charge >= 0.3 is 0 Å². The van der Waals surface area contributed by atoms with Crippen LogP contribution in [0.25, 0.3) is 0 Å². The lowest BCUT2D eigenvalue weighted by Crippen LogP contribution is -2.31. The molecule has 0 bridgehead atoms. The topological polar surface area (TPSA) is 47.7 Å². The van der Waals surface area contributed by atoms with Gasteiger partial charge in [-0.1, -0.05) is 0 Å². The second kappa shape index (κ2) is 6.46. The van der Waals surface area contributed by atoms with Crippen LogP contribution in [0, 0.1) is 5.92 Å². The van der Waals surface area contributed by atoms with E-state index in [0.29, 0.717) is 18.0 Å². The molecule has 0 saturated carbocycles. The molecule has 3 atom stereocenters. The van der Waals surface area contributed by atoms with Gasteiger partial charge in [0.15, 0.2) is 0 Å². The van der Waals surface area contributed by atoms with Crippen molar-refractivity contribution in [3.8, 4) is 11.5 Å². The second-order valence-corrected chi connectivity index (χ2v) is 5.67. The van der Waals surface area contributed by atoms with Crippen LogP contribution in [0.4, 0.5) is 0 Å². The summed E-state index contributed by atoms with van der Waals surface area (Å²) in [6, 6.07) is 6.84. The van der Waals surface area contributed by atoms with Crippen LogP contribution >= 0.6 is 0 Å². The van der Waals surface area contributed by atoms with E-state index < -0.39 is 0 Å². The van der Waals surface area contributed by atoms with E-state index in [1.807, 2.05) is 12.1 Å². The van der Waals surface area contributed by atoms with Crippen molar-refractivity contribution in [1.82, 2.24) is 4.90 Å². The largest absolute Gasteiger partial charge is 0.497 e. The van der Waals surface area contributed by atoms with Crippen LogP contribution in [-0.2, 0) is 0 Å². The van der Waals surface area contributed by atoms with E-state index in [2.05, 4.69) is 24.8 Å². The smallest absolute Gasteiger partial charge is 0.123 e. The average Bonchev–Trinajstić information content (AvgIpc) is 2.86. The van der Waals surface area contributed by atoms with E-state index in [-0.39, 0.29) is 0 Å². The van der Waals surface area contributed by atoms with Crippen molar-refractivity contribution in [2.24, 2.45) is 11.7 Å². The first-order valence-electron chi connectivity index (χ1n) is 7.28. The molecule has 1 heterocycles. The first kappa shape index (κ1) is 15.1. The Balaban J connectivity index is 2.25. The Hall–Kier alpha value is -1.26. The Kier molecular flexibility index (Phi) is 4.89. The van der Waals surface area contributed by atoms with Crippen LogP contribution in [0.5, 0.6) is 11.5 Å². The van der Waals surface area contributed by atoms with Crippen LogP contribution in [0.15, 0.2) is 18.2 Å². The third kappa shape index (κ3) is 2.91. The lowest BCUT2D eigenvalue weighted by Gasteiger charge is -2.30. The zero-order chi connectivity index (χ0) is 14.7. The molecule has 0 aliphatic carbocycles. The number of rotatable bonds is 5. The van der Waals surface area contributed by atoms with Gasteiger partial charge in [0, 0.05) is 24.2 Å². The Bertz CT molecular complexity index is 450. The van der Waals surface area contributed by atoms with E-state index in [9.17, 15) is 0 Å². The van der Waals surface area contributed by atoms with Crippen LogP contribution in [0.3, 0.4) is 0 Å². The number of nitrogens with two attached hydrogens (primary N) is 1. The highest BCUT2D eigenvalue weighted by Gasteiger charge is 2.32. The van der Waals surface area contributed by atoms with Crippen LogP contribution < -0.4 is 15.2 Å². The van der Waals surface area contributed by atoms with Crippen LogP contribution in [-0.4, -0.2) is 38.3 Å². The standard InChI is InChI=1S/C16H26N2O2/c1-11-7-13(9-17)10-18(11)12(2)15-8-14(19-3)5-6-16(15)20-4/h5-6,8,11-13H,7,9-10,17H2,1-4H3. The number of methoxy groups -OCH3 is 2. The predicted molar refractivity (Wildman–Crippen MR) is 81.3 cm³/mol. The summed E-state index contributed by atoms with van der Waals surface area (Å²) in [7, 11) is 3.41. The maximum atomic E-state index is 5.83. The van der Waals surface area contributed by atoms with E-state index in [4.69, 9.17) is 15.2 Å². The summed E-state index contributed by atoms with van der Waals surface area (Å²) < 4.78 is 10.8. The third-order valence-electron chi connectivity index (χ3n) is 4.43. The van der Waals surface area contributed by atoms with Gasteiger partial charge in [-0.15, -0.1) is 0 Å². The van der Waals surface area contributed by atoms with Crippen molar-refractivity contribution < 1.29 is 9.47 Å². The van der Waals surface area contributed by atoms with Crippen molar-refractivity contribution in [1.29, 1.82) is 0 Å². The molecule has 0 radical (unpaired) electrons. The minimum absolute atomic E-state index is 0.298. The monoisotopic (exact) mass is 278 g/mol. The molecule has 4 heteroatoms. The van der Waals surface area contributed by atoms with E-state index in [1.165, 1.54) is 12.0 Å². The Labute approximate surface area is 121 Å². The molecule has 0 amide bonds. The lowest BCUT2D eigenvalue weighted by atomic mass is 10.0. The Morgan fingerprint density at radius 3 is 2.65 bits per heavy atom. The van der Waals surface area contributed by atoms with E-state index in [1.54, 1.807) is 14.2 Å². The highest BCUT2D eigenvalue weighted by atomic mass is 16.5. The number of hydrogen-bond donors (Lipinski definition) is 1. The molecule has 1 aliphatic rings. The number of likely N-dealkylation sites (tertiary alicyclic amines) is 1. The van der Waals surface area contributed by atoms with Gasteiger partial charge in [0.05, 0.1) is 14.2 Å². The van der Waals surface area contributed by atoms with Gasteiger partial charge < -0.3 is 15.2 Å². The molecule has 3 unspecified atom stereocenters. The molecular formula is C16H26N2O2. The number of benzene rings is 1. The number of nitrogens with zero attached hydrogens (tertiary/aromatic N) is 1. The normalized spacial score (nSPS) is 24.6. The SMILES string of the molecule is COc1ccc(OC)c(C(C)N2CC(CN)CC2C)c1. The molecule has 20 heavy (non-hydrogen) atoms. The summed E-state index contributed by atoms with van der Waals surface area (Å²) in [6.07, 6.45) is 1.17. The van der Waals surface area contributed by atoms with Crippen molar-refractivity contribution >= 4 is 0 Å².